The van der Waals surface area contributed by atoms with Gasteiger partial charge in [0.05, 0.1) is 34.5 Å². The first-order valence-corrected chi connectivity index (χ1v) is 13.8. The maximum atomic E-state index is 13.5. The molecule has 13 heteroatoms. The Labute approximate surface area is 218 Å². The highest BCUT2D eigenvalue weighted by molar-refractivity contribution is 8.15. The van der Waals surface area contributed by atoms with E-state index < -0.39 is 31.4 Å². The van der Waals surface area contributed by atoms with Crippen LogP contribution in [0.25, 0.3) is 0 Å². The fourth-order valence-electron chi connectivity index (χ4n) is 4.14. The molecule has 1 aliphatic carbocycles. The normalized spacial score (nSPS) is 15.8. The highest BCUT2D eigenvalue weighted by Crippen LogP contribution is 2.39. The van der Waals surface area contributed by atoms with E-state index in [4.69, 9.17) is 21.3 Å². The molecule has 1 aromatic carbocycles. The summed E-state index contributed by atoms with van der Waals surface area (Å²) in [5.74, 6) is -0.855. The summed E-state index contributed by atoms with van der Waals surface area (Å²) in [6, 6.07) is 8.68. The number of carbonyl (C=O) groups is 3. The Kier molecular flexibility index (Phi) is 9.02. The molecule has 0 amide bonds. The second-order valence-corrected chi connectivity index (χ2v) is 12.8. The van der Waals surface area contributed by atoms with Crippen molar-refractivity contribution in [1.82, 2.24) is 14.7 Å². The zero-order chi connectivity index (χ0) is 26.6. The molecule has 3 N–H and O–H groups in total. The maximum Gasteiger partial charge on any atom is 0.317 e. The number of benzene rings is 1. The minimum absolute atomic E-state index is 0.0260. The van der Waals surface area contributed by atoms with Gasteiger partial charge in [0.2, 0.25) is 5.12 Å². The number of halogens is 1. The van der Waals surface area contributed by atoms with Crippen molar-refractivity contribution in [2.45, 2.75) is 61.3 Å². The van der Waals surface area contributed by atoms with Crippen molar-refractivity contribution in [2.24, 2.45) is 0 Å². The highest BCUT2D eigenvalue weighted by Gasteiger charge is 2.48. The molecule has 0 radical (unpaired) electrons. The summed E-state index contributed by atoms with van der Waals surface area (Å²) in [6.07, 6.45) is 3.97. The van der Waals surface area contributed by atoms with E-state index in [0.29, 0.717) is 22.5 Å². The average molecular weight is 558 g/mol. The van der Waals surface area contributed by atoms with Crippen LogP contribution in [0.1, 0.15) is 55.6 Å². The van der Waals surface area contributed by atoms with E-state index in [-0.39, 0.29) is 29.3 Å². The number of thioether (sulfide) groups is 1. The number of hydrogen-bond acceptors (Lipinski definition) is 9. The van der Waals surface area contributed by atoms with Gasteiger partial charge in [-0.25, -0.2) is 13.8 Å². The number of carboxylic acid groups (broad SMARTS) is 1. The van der Waals surface area contributed by atoms with E-state index in [1.54, 1.807) is 26.0 Å². The Morgan fingerprint density at radius 3 is 2.50 bits per heavy atom. The lowest BCUT2D eigenvalue weighted by atomic mass is 9.85. The van der Waals surface area contributed by atoms with Crippen LogP contribution in [-0.2, 0) is 26.2 Å². The summed E-state index contributed by atoms with van der Waals surface area (Å²) in [6.45, 7) is 2.89. The molecule has 196 valence electrons. The first kappa shape index (κ1) is 28.4. The SMILES string of the molecule is CC(C)(SC(=O)c1cccc(S(=O)(=O)N(Cl)NCc2ccco2)c1)C(=O)C1(NCC(=O)O)CCCC1. The van der Waals surface area contributed by atoms with Crippen LogP contribution in [0.4, 0.5) is 0 Å². The van der Waals surface area contributed by atoms with Crippen molar-refractivity contribution in [2.75, 3.05) is 6.54 Å². The third-order valence-corrected chi connectivity index (χ3v) is 9.08. The molecular weight excluding hydrogens is 530 g/mol. The number of nitrogens with one attached hydrogen (secondary N) is 2. The van der Waals surface area contributed by atoms with Crippen molar-refractivity contribution in [3.63, 3.8) is 0 Å². The van der Waals surface area contributed by atoms with Gasteiger partial charge in [0.1, 0.15) is 5.76 Å². The largest absolute Gasteiger partial charge is 0.480 e. The lowest BCUT2D eigenvalue weighted by molar-refractivity contribution is -0.137. The molecule has 1 fully saturated rings. The highest BCUT2D eigenvalue weighted by atomic mass is 35.5. The van der Waals surface area contributed by atoms with Gasteiger partial charge >= 0.3 is 5.97 Å². The molecule has 1 saturated carbocycles. The zero-order valence-electron chi connectivity index (χ0n) is 19.8. The van der Waals surface area contributed by atoms with Crippen molar-refractivity contribution in [3.05, 3.63) is 54.0 Å². The molecule has 1 aliphatic rings. The number of carbonyl (C=O) groups excluding carboxylic acids is 2. The van der Waals surface area contributed by atoms with Crippen molar-refractivity contribution < 1.29 is 32.3 Å². The number of rotatable bonds is 12. The van der Waals surface area contributed by atoms with Crippen LogP contribution in [0.2, 0.25) is 0 Å². The standard InChI is InChI=1S/C23H28ClN3O7S2/c1-22(2,21(31)23(10-3-4-11-23)25-15-19(28)29)35-20(30)16-7-5-9-18(13-16)36(32,33)27(24)26-14-17-8-6-12-34-17/h5-9,12-13,25-26H,3-4,10-11,14-15H2,1-2H3,(H,28,29). The van der Waals surface area contributed by atoms with Gasteiger partial charge in [-0.2, -0.15) is 0 Å². The minimum Gasteiger partial charge on any atom is -0.480 e. The molecule has 1 heterocycles. The van der Waals surface area contributed by atoms with Gasteiger partial charge in [-0.3, -0.25) is 19.7 Å². The fraction of sp³-hybridized carbons (Fsp3) is 0.435. The van der Waals surface area contributed by atoms with Gasteiger partial charge in [0.15, 0.2) is 5.78 Å². The van der Waals surface area contributed by atoms with Crippen LogP contribution < -0.4 is 10.7 Å². The second-order valence-electron chi connectivity index (χ2n) is 8.93. The molecule has 2 aromatic rings. The second kappa shape index (κ2) is 11.4. The molecule has 0 unspecified atom stereocenters. The van der Waals surface area contributed by atoms with Crippen LogP contribution in [0, 0.1) is 0 Å². The van der Waals surface area contributed by atoms with Crippen LogP contribution in [0.5, 0.6) is 0 Å². The van der Waals surface area contributed by atoms with Crippen molar-refractivity contribution in [3.8, 4) is 0 Å². The first-order chi connectivity index (χ1) is 16.9. The van der Waals surface area contributed by atoms with Gasteiger partial charge in [0, 0.05) is 17.3 Å². The van der Waals surface area contributed by atoms with Gasteiger partial charge in [-0.05, 0) is 54.9 Å². The first-order valence-electron chi connectivity index (χ1n) is 11.2. The number of sulfonamides is 1. The number of Topliss-reactive ketones (excluding diaryl/α,β-unsaturated/α-hetero) is 1. The number of aliphatic carboxylic acids is 1. The summed E-state index contributed by atoms with van der Waals surface area (Å²) in [7, 11) is -4.19. The zero-order valence-corrected chi connectivity index (χ0v) is 22.2. The maximum absolute atomic E-state index is 13.5. The van der Waals surface area contributed by atoms with E-state index in [0.717, 1.165) is 24.6 Å². The number of carboxylic acids is 1. The molecule has 0 bridgehead atoms. The summed E-state index contributed by atoms with van der Waals surface area (Å²) >= 11 is 6.73. The summed E-state index contributed by atoms with van der Waals surface area (Å²) in [5, 5.41) is 11.5. The average Bonchev–Trinajstić information content (AvgIpc) is 3.53. The van der Waals surface area contributed by atoms with Crippen LogP contribution in [-0.4, -0.2) is 51.2 Å². The predicted octanol–water partition coefficient (Wildman–Crippen LogP) is 3.34. The van der Waals surface area contributed by atoms with Crippen molar-refractivity contribution >= 4 is 50.4 Å². The molecule has 0 aliphatic heterocycles. The lowest BCUT2D eigenvalue weighted by Gasteiger charge is -2.35. The Balaban J connectivity index is 1.74. The Bertz CT molecular complexity index is 1210. The molecule has 1 aromatic heterocycles. The van der Waals surface area contributed by atoms with Crippen LogP contribution in [0.3, 0.4) is 0 Å². The number of nitrogens with zero attached hydrogens (tertiary/aromatic N) is 1. The predicted molar refractivity (Wildman–Crippen MR) is 135 cm³/mol. The van der Waals surface area contributed by atoms with E-state index in [1.807, 2.05) is 0 Å². The molecule has 0 saturated heterocycles. The van der Waals surface area contributed by atoms with Gasteiger partial charge < -0.3 is 9.52 Å². The van der Waals surface area contributed by atoms with E-state index in [1.165, 1.54) is 30.5 Å². The Morgan fingerprint density at radius 2 is 1.89 bits per heavy atom. The summed E-state index contributed by atoms with van der Waals surface area (Å²) < 4.78 is 30.1. The van der Waals surface area contributed by atoms with Crippen molar-refractivity contribution in [1.29, 1.82) is 0 Å². The van der Waals surface area contributed by atoms with E-state index in [2.05, 4.69) is 10.7 Å². The Morgan fingerprint density at radius 1 is 1.19 bits per heavy atom. The molecule has 3 rings (SSSR count). The molecule has 0 spiro atoms. The monoisotopic (exact) mass is 557 g/mol. The van der Waals surface area contributed by atoms with Gasteiger partial charge in [-0.1, -0.05) is 36.7 Å². The lowest BCUT2D eigenvalue weighted by Crippen LogP contribution is -2.57. The van der Waals surface area contributed by atoms with Crippen LogP contribution >= 0.6 is 23.5 Å². The third kappa shape index (κ3) is 6.55. The van der Waals surface area contributed by atoms with E-state index in [9.17, 15) is 22.8 Å². The van der Waals surface area contributed by atoms with Gasteiger partial charge in [0.25, 0.3) is 10.0 Å². The van der Waals surface area contributed by atoms with E-state index >= 15 is 0 Å². The topological polar surface area (TPSA) is 146 Å². The molecule has 10 nitrogen and oxygen atoms in total. The Hall–Kier alpha value is -2.22. The fourth-order valence-corrected chi connectivity index (χ4v) is 6.38. The summed E-state index contributed by atoms with van der Waals surface area (Å²) in [5.41, 5.74) is 1.58. The number of ketones is 1. The third-order valence-electron chi connectivity index (χ3n) is 5.90. The minimum atomic E-state index is -4.19. The summed E-state index contributed by atoms with van der Waals surface area (Å²) in [4.78, 5) is 37.5. The number of furan rings is 1. The molecule has 36 heavy (non-hydrogen) atoms. The van der Waals surface area contributed by atoms with Gasteiger partial charge in [-0.15, -0.1) is 0 Å². The van der Waals surface area contributed by atoms with Crippen LogP contribution in [0.15, 0.2) is 52.0 Å². The number of hydrogen-bond donors (Lipinski definition) is 3. The number of hydrazine groups is 1. The molecular formula is C23H28ClN3O7S2. The quantitative estimate of drug-likeness (QED) is 0.262. The smallest absolute Gasteiger partial charge is 0.317 e. The molecule has 0 atom stereocenters.